The van der Waals surface area contributed by atoms with Crippen LogP contribution in [0.4, 0.5) is 0 Å². The summed E-state index contributed by atoms with van der Waals surface area (Å²) in [6.45, 7) is 9.71. The van der Waals surface area contributed by atoms with E-state index in [1.165, 1.54) is 6.42 Å². The van der Waals surface area contributed by atoms with Gasteiger partial charge in [0, 0.05) is 18.6 Å². The molecular weight excluding hydrogens is 242 g/mol. The van der Waals surface area contributed by atoms with Crippen molar-refractivity contribution in [2.45, 2.75) is 52.9 Å². The standard InChI is InChI=1S/C14H31N3O2/c1-4-5-11-19-12-10-16-9-7-6-8-14(2,3)13(15)17-18/h16,18H,4-12H2,1-3H3,(H2,15,17). The minimum Gasteiger partial charge on any atom is -0.409 e. The van der Waals surface area contributed by atoms with Crippen molar-refractivity contribution in [3.05, 3.63) is 0 Å². The Kier molecular flexibility index (Phi) is 10.6. The van der Waals surface area contributed by atoms with E-state index in [-0.39, 0.29) is 5.41 Å². The molecule has 0 rings (SSSR count). The summed E-state index contributed by atoms with van der Waals surface area (Å²) >= 11 is 0. The highest BCUT2D eigenvalue weighted by molar-refractivity contribution is 5.85. The van der Waals surface area contributed by atoms with E-state index in [2.05, 4.69) is 17.4 Å². The minimum absolute atomic E-state index is 0.224. The Morgan fingerprint density at radius 2 is 1.95 bits per heavy atom. The second kappa shape index (κ2) is 11.1. The number of nitrogens with two attached hydrogens (primary N) is 1. The Morgan fingerprint density at radius 3 is 2.58 bits per heavy atom. The van der Waals surface area contributed by atoms with Crippen LogP contribution in [0.3, 0.4) is 0 Å². The molecule has 0 aliphatic carbocycles. The number of nitrogens with one attached hydrogen (secondary N) is 1. The third-order valence-corrected chi connectivity index (χ3v) is 3.27. The lowest BCUT2D eigenvalue weighted by Gasteiger charge is -2.22. The van der Waals surface area contributed by atoms with Crippen molar-refractivity contribution in [2.24, 2.45) is 16.3 Å². The Morgan fingerprint density at radius 1 is 1.21 bits per heavy atom. The van der Waals surface area contributed by atoms with Crippen LogP contribution in [0.25, 0.3) is 0 Å². The van der Waals surface area contributed by atoms with Gasteiger partial charge in [0.2, 0.25) is 0 Å². The summed E-state index contributed by atoms with van der Waals surface area (Å²) in [6.07, 6.45) is 5.41. The molecule has 0 unspecified atom stereocenters. The van der Waals surface area contributed by atoms with Gasteiger partial charge < -0.3 is 21.0 Å². The zero-order valence-electron chi connectivity index (χ0n) is 12.7. The van der Waals surface area contributed by atoms with Crippen LogP contribution in [0.15, 0.2) is 5.16 Å². The molecule has 0 spiro atoms. The number of amidine groups is 1. The van der Waals surface area contributed by atoms with Crippen LogP contribution in [-0.2, 0) is 4.74 Å². The van der Waals surface area contributed by atoms with Crippen molar-refractivity contribution in [1.29, 1.82) is 0 Å². The topological polar surface area (TPSA) is 79.9 Å². The normalized spacial score (nSPS) is 12.9. The molecule has 0 amide bonds. The van der Waals surface area contributed by atoms with Crippen molar-refractivity contribution in [1.82, 2.24) is 5.32 Å². The summed E-state index contributed by atoms with van der Waals surface area (Å²) in [7, 11) is 0. The number of nitrogens with zero attached hydrogens (tertiary/aromatic N) is 1. The second-order valence-corrected chi connectivity index (χ2v) is 5.54. The van der Waals surface area contributed by atoms with E-state index in [1.54, 1.807) is 0 Å². The van der Waals surface area contributed by atoms with Crippen LogP contribution in [0, 0.1) is 5.41 Å². The van der Waals surface area contributed by atoms with Crippen molar-refractivity contribution in [2.75, 3.05) is 26.3 Å². The van der Waals surface area contributed by atoms with E-state index in [4.69, 9.17) is 15.7 Å². The first-order valence-corrected chi connectivity index (χ1v) is 7.31. The summed E-state index contributed by atoms with van der Waals surface area (Å²) in [4.78, 5) is 0. The van der Waals surface area contributed by atoms with Crippen LogP contribution in [-0.4, -0.2) is 37.3 Å². The Bertz CT molecular complexity index is 243. The van der Waals surface area contributed by atoms with Gasteiger partial charge in [-0.15, -0.1) is 0 Å². The number of oxime groups is 1. The van der Waals surface area contributed by atoms with Crippen molar-refractivity contribution in [3.63, 3.8) is 0 Å². The van der Waals surface area contributed by atoms with E-state index in [0.29, 0.717) is 5.84 Å². The lowest BCUT2D eigenvalue weighted by molar-refractivity contribution is 0.133. The summed E-state index contributed by atoms with van der Waals surface area (Å²) < 4.78 is 5.46. The average Bonchev–Trinajstić information content (AvgIpc) is 2.39. The molecule has 0 saturated heterocycles. The maximum Gasteiger partial charge on any atom is 0.144 e. The fourth-order valence-electron chi connectivity index (χ4n) is 1.70. The molecule has 0 aromatic carbocycles. The molecule has 114 valence electrons. The van der Waals surface area contributed by atoms with Gasteiger partial charge in [0.1, 0.15) is 5.84 Å². The fourth-order valence-corrected chi connectivity index (χ4v) is 1.70. The van der Waals surface area contributed by atoms with E-state index < -0.39 is 0 Å². The summed E-state index contributed by atoms with van der Waals surface area (Å²) in [6, 6.07) is 0. The average molecular weight is 273 g/mol. The quantitative estimate of drug-likeness (QED) is 0.168. The fraction of sp³-hybridized carbons (Fsp3) is 0.929. The van der Waals surface area contributed by atoms with Gasteiger partial charge in [0.25, 0.3) is 0 Å². The van der Waals surface area contributed by atoms with Crippen molar-refractivity contribution >= 4 is 5.84 Å². The Balaban J connectivity index is 3.36. The van der Waals surface area contributed by atoms with Gasteiger partial charge in [-0.2, -0.15) is 0 Å². The summed E-state index contributed by atoms with van der Waals surface area (Å²) in [5.74, 6) is 0.310. The van der Waals surface area contributed by atoms with Gasteiger partial charge in [-0.25, -0.2) is 0 Å². The van der Waals surface area contributed by atoms with Gasteiger partial charge in [0.15, 0.2) is 0 Å². The molecule has 0 saturated carbocycles. The predicted molar refractivity (Wildman–Crippen MR) is 79.6 cm³/mol. The van der Waals surface area contributed by atoms with Gasteiger partial charge in [0.05, 0.1) is 6.61 Å². The number of hydrogen-bond donors (Lipinski definition) is 3. The molecule has 0 bridgehead atoms. The summed E-state index contributed by atoms with van der Waals surface area (Å²) in [5, 5.41) is 15.1. The first kappa shape index (κ1) is 18.2. The molecule has 19 heavy (non-hydrogen) atoms. The number of hydrogen-bond acceptors (Lipinski definition) is 4. The summed E-state index contributed by atoms with van der Waals surface area (Å²) in [5.41, 5.74) is 5.41. The molecule has 0 fully saturated rings. The lowest BCUT2D eigenvalue weighted by atomic mass is 9.86. The molecule has 0 aromatic heterocycles. The van der Waals surface area contributed by atoms with Crippen molar-refractivity contribution < 1.29 is 9.94 Å². The maximum atomic E-state index is 8.67. The number of ether oxygens (including phenoxy) is 1. The highest BCUT2D eigenvalue weighted by Gasteiger charge is 2.22. The largest absolute Gasteiger partial charge is 0.409 e. The van der Waals surface area contributed by atoms with E-state index in [1.807, 2.05) is 13.8 Å². The molecule has 0 atom stereocenters. The molecular formula is C14H31N3O2. The van der Waals surface area contributed by atoms with E-state index >= 15 is 0 Å². The Labute approximate surface area is 117 Å². The Hall–Kier alpha value is -0.810. The minimum atomic E-state index is -0.224. The number of unbranched alkanes of at least 4 members (excludes halogenated alkanes) is 2. The van der Waals surface area contributed by atoms with E-state index in [9.17, 15) is 0 Å². The molecule has 0 heterocycles. The molecule has 5 heteroatoms. The third kappa shape index (κ3) is 9.73. The van der Waals surface area contributed by atoms with Crippen molar-refractivity contribution in [3.8, 4) is 0 Å². The number of rotatable bonds is 12. The first-order chi connectivity index (χ1) is 9.04. The molecule has 4 N–H and O–H groups in total. The molecule has 0 aromatic rings. The molecule has 0 aliphatic heterocycles. The van der Waals surface area contributed by atoms with Gasteiger partial charge >= 0.3 is 0 Å². The van der Waals surface area contributed by atoms with Crippen LogP contribution < -0.4 is 11.1 Å². The van der Waals surface area contributed by atoms with E-state index in [0.717, 1.165) is 52.0 Å². The third-order valence-electron chi connectivity index (χ3n) is 3.27. The SMILES string of the molecule is CCCCOCCNCCCCC(C)(C)C(N)=NO. The zero-order chi connectivity index (χ0) is 14.6. The molecule has 5 nitrogen and oxygen atoms in total. The monoisotopic (exact) mass is 273 g/mol. The van der Waals surface area contributed by atoms with Crippen LogP contribution in [0.1, 0.15) is 52.9 Å². The second-order valence-electron chi connectivity index (χ2n) is 5.54. The highest BCUT2D eigenvalue weighted by atomic mass is 16.5. The zero-order valence-corrected chi connectivity index (χ0v) is 12.7. The van der Waals surface area contributed by atoms with Gasteiger partial charge in [-0.1, -0.05) is 38.8 Å². The maximum absolute atomic E-state index is 8.67. The van der Waals surface area contributed by atoms with Gasteiger partial charge in [-0.3, -0.25) is 0 Å². The highest BCUT2D eigenvalue weighted by Crippen LogP contribution is 2.22. The molecule has 0 aliphatic rings. The van der Waals surface area contributed by atoms with Crippen LogP contribution in [0.2, 0.25) is 0 Å². The molecule has 0 radical (unpaired) electrons. The smallest absolute Gasteiger partial charge is 0.144 e. The van der Waals surface area contributed by atoms with Gasteiger partial charge in [-0.05, 0) is 25.8 Å². The lowest BCUT2D eigenvalue weighted by Crippen LogP contribution is -2.32. The van der Waals surface area contributed by atoms with Crippen LogP contribution >= 0.6 is 0 Å². The van der Waals surface area contributed by atoms with Crippen LogP contribution in [0.5, 0.6) is 0 Å². The predicted octanol–water partition coefficient (Wildman–Crippen LogP) is 2.34. The first-order valence-electron chi connectivity index (χ1n) is 7.31.